The van der Waals surface area contributed by atoms with Gasteiger partial charge in [0.05, 0.1) is 5.75 Å². The molecular formula is C10H22N2O2S. The van der Waals surface area contributed by atoms with E-state index in [4.69, 9.17) is 0 Å². The van der Waals surface area contributed by atoms with E-state index in [-0.39, 0.29) is 0 Å². The van der Waals surface area contributed by atoms with Crippen molar-refractivity contribution in [2.45, 2.75) is 26.3 Å². The van der Waals surface area contributed by atoms with Crippen molar-refractivity contribution in [1.82, 2.24) is 10.2 Å². The van der Waals surface area contributed by atoms with Crippen LogP contribution in [-0.2, 0) is 9.84 Å². The fourth-order valence-electron chi connectivity index (χ4n) is 1.88. The van der Waals surface area contributed by atoms with E-state index < -0.39 is 9.84 Å². The Kier molecular flexibility index (Phi) is 5.02. The van der Waals surface area contributed by atoms with Crippen LogP contribution in [0.3, 0.4) is 0 Å². The predicted molar refractivity (Wildman–Crippen MR) is 62.8 cm³/mol. The Morgan fingerprint density at radius 2 is 2.13 bits per heavy atom. The van der Waals surface area contributed by atoms with Crippen LogP contribution in [-0.4, -0.2) is 57.0 Å². The van der Waals surface area contributed by atoms with E-state index in [1.165, 1.54) is 0 Å². The van der Waals surface area contributed by atoms with Gasteiger partial charge in [-0.25, -0.2) is 8.42 Å². The maximum Gasteiger partial charge on any atom is 0.151 e. The molecule has 5 heteroatoms. The molecule has 0 aromatic rings. The van der Waals surface area contributed by atoms with Gasteiger partial charge < -0.3 is 5.32 Å². The SMILES string of the molecule is CCCS(=O)(=O)CCN1CCNC[C@@H]1C. The van der Waals surface area contributed by atoms with Gasteiger partial charge in [0.15, 0.2) is 9.84 Å². The van der Waals surface area contributed by atoms with E-state index >= 15 is 0 Å². The van der Waals surface area contributed by atoms with Crippen LogP contribution in [0, 0.1) is 0 Å². The minimum atomic E-state index is -2.82. The van der Waals surface area contributed by atoms with Crippen LogP contribution in [0.1, 0.15) is 20.3 Å². The predicted octanol–water partition coefficient (Wildman–Crippen LogP) is 0.105. The van der Waals surface area contributed by atoms with Crippen LogP contribution in [0.25, 0.3) is 0 Å². The minimum Gasteiger partial charge on any atom is -0.314 e. The molecule has 15 heavy (non-hydrogen) atoms. The quantitative estimate of drug-likeness (QED) is 0.733. The Morgan fingerprint density at radius 1 is 1.40 bits per heavy atom. The second-order valence-corrected chi connectivity index (χ2v) is 6.54. The number of sulfone groups is 1. The number of nitrogens with zero attached hydrogens (tertiary/aromatic N) is 1. The molecule has 1 fully saturated rings. The topological polar surface area (TPSA) is 49.4 Å². The van der Waals surface area contributed by atoms with Crippen molar-refractivity contribution in [1.29, 1.82) is 0 Å². The molecule has 0 aliphatic carbocycles. The molecule has 1 atom stereocenters. The van der Waals surface area contributed by atoms with Gasteiger partial charge >= 0.3 is 0 Å². The lowest BCUT2D eigenvalue weighted by atomic mass is 10.2. The highest BCUT2D eigenvalue weighted by molar-refractivity contribution is 7.91. The second-order valence-electron chi connectivity index (χ2n) is 4.24. The van der Waals surface area contributed by atoms with E-state index in [0.717, 1.165) is 26.1 Å². The first-order chi connectivity index (χ1) is 7.05. The summed E-state index contributed by atoms with van der Waals surface area (Å²) in [6, 6.07) is 0.454. The highest BCUT2D eigenvalue weighted by Gasteiger charge is 2.19. The number of rotatable bonds is 5. The van der Waals surface area contributed by atoms with E-state index in [1.54, 1.807) is 0 Å². The van der Waals surface area contributed by atoms with Gasteiger partial charge in [-0.2, -0.15) is 0 Å². The first kappa shape index (κ1) is 12.9. The summed E-state index contributed by atoms with van der Waals surface area (Å²) in [5.74, 6) is 0.638. The molecule has 1 aliphatic heterocycles. The summed E-state index contributed by atoms with van der Waals surface area (Å²) in [6.45, 7) is 7.63. The van der Waals surface area contributed by atoms with Crippen molar-refractivity contribution in [3.05, 3.63) is 0 Å². The van der Waals surface area contributed by atoms with Crippen LogP contribution in [0.4, 0.5) is 0 Å². The average Bonchev–Trinajstić information content (AvgIpc) is 2.16. The Hall–Kier alpha value is -0.130. The average molecular weight is 234 g/mol. The van der Waals surface area contributed by atoms with Gasteiger partial charge in [-0.15, -0.1) is 0 Å². The summed E-state index contributed by atoms with van der Waals surface area (Å²) >= 11 is 0. The van der Waals surface area contributed by atoms with Crippen LogP contribution >= 0.6 is 0 Å². The number of hydrogen-bond donors (Lipinski definition) is 1. The molecule has 1 rings (SSSR count). The molecule has 1 N–H and O–H groups in total. The van der Waals surface area contributed by atoms with E-state index in [1.807, 2.05) is 6.92 Å². The lowest BCUT2D eigenvalue weighted by molar-refractivity contribution is 0.184. The number of nitrogens with one attached hydrogen (secondary N) is 1. The minimum absolute atomic E-state index is 0.311. The molecule has 0 saturated carbocycles. The van der Waals surface area contributed by atoms with Gasteiger partial charge in [-0.05, 0) is 13.3 Å². The molecule has 0 amide bonds. The summed E-state index contributed by atoms with van der Waals surface area (Å²) < 4.78 is 23.1. The van der Waals surface area contributed by atoms with Crippen molar-refractivity contribution in [2.75, 3.05) is 37.7 Å². The molecule has 1 aliphatic rings. The van der Waals surface area contributed by atoms with Gasteiger partial charge in [0.2, 0.25) is 0 Å². The van der Waals surface area contributed by atoms with Crippen molar-refractivity contribution < 1.29 is 8.42 Å². The molecule has 0 bridgehead atoms. The maximum atomic E-state index is 11.5. The zero-order valence-electron chi connectivity index (χ0n) is 9.70. The number of piperazine rings is 1. The third kappa shape index (κ3) is 4.49. The summed E-state index contributed by atoms with van der Waals surface area (Å²) in [7, 11) is -2.82. The Labute approximate surface area is 93.0 Å². The Balaban J connectivity index is 2.35. The van der Waals surface area contributed by atoms with Crippen molar-refractivity contribution in [3.63, 3.8) is 0 Å². The summed E-state index contributed by atoms with van der Waals surface area (Å²) in [6.07, 6.45) is 0.722. The van der Waals surface area contributed by atoms with E-state index in [2.05, 4.69) is 17.1 Å². The van der Waals surface area contributed by atoms with E-state index in [9.17, 15) is 8.42 Å². The van der Waals surface area contributed by atoms with Crippen molar-refractivity contribution >= 4 is 9.84 Å². The molecule has 0 unspecified atom stereocenters. The molecule has 0 aromatic carbocycles. The molecule has 0 aromatic heterocycles. The summed E-state index contributed by atoms with van der Waals surface area (Å²) in [5, 5.41) is 3.30. The first-order valence-corrected chi connectivity index (χ1v) is 7.52. The molecule has 4 nitrogen and oxygen atoms in total. The van der Waals surface area contributed by atoms with Crippen LogP contribution in [0.15, 0.2) is 0 Å². The van der Waals surface area contributed by atoms with Crippen LogP contribution < -0.4 is 5.32 Å². The standard InChI is InChI=1S/C10H22N2O2S/c1-3-7-15(13,14)8-6-12-5-4-11-9-10(12)2/h10-11H,3-9H2,1-2H3/t10-/m0/s1. The van der Waals surface area contributed by atoms with Gasteiger partial charge in [-0.3, -0.25) is 4.90 Å². The maximum absolute atomic E-state index is 11.5. The molecule has 0 spiro atoms. The largest absolute Gasteiger partial charge is 0.314 e. The molecule has 0 radical (unpaired) electrons. The fraction of sp³-hybridized carbons (Fsp3) is 1.00. The Bertz CT molecular complexity index is 277. The van der Waals surface area contributed by atoms with Crippen molar-refractivity contribution in [2.24, 2.45) is 0 Å². The Morgan fingerprint density at radius 3 is 2.73 bits per heavy atom. The van der Waals surface area contributed by atoms with Gasteiger partial charge in [0.25, 0.3) is 0 Å². The summed E-state index contributed by atoms with van der Waals surface area (Å²) in [5.41, 5.74) is 0. The normalized spacial score (nSPS) is 24.3. The third-order valence-electron chi connectivity index (χ3n) is 2.84. The molecule has 1 saturated heterocycles. The van der Waals surface area contributed by atoms with Gasteiger partial charge in [0, 0.05) is 38.0 Å². The van der Waals surface area contributed by atoms with Crippen molar-refractivity contribution in [3.8, 4) is 0 Å². The smallest absolute Gasteiger partial charge is 0.151 e. The molecular weight excluding hydrogens is 212 g/mol. The van der Waals surface area contributed by atoms with E-state index in [0.29, 0.717) is 24.1 Å². The lowest BCUT2D eigenvalue weighted by Crippen LogP contribution is -2.51. The second kappa shape index (κ2) is 5.82. The van der Waals surface area contributed by atoms with Gasteiger partial charge in [-0.1, -0.05) is 6.92 Å². The van der Waals surface area contributed by atoms with Crippen LogP contribution in [0.5, 0.6) is 0 Å². The first-order valence-electron chi connectivity index (χ1n) is 5.70. The molecule has 1 heterocycles. The highest BCUT2D eigenvalue weighted by Crippen LogP contribution is 2.03. The zero-order chi connectivity index (χ0) is 11.3. The fourth-order valence-corrected chi connectivity index (χ4v) is 3.22. The molecule has 90 valence electrons. The lowest BCUT2D eigenvalue weighted by Gasteiger charge is -2.33. The zero-order valence-corrected chi connectivity index (χ0v) is 10.5. The number of hydrogen-bond acceptors (Lipinski definition) is 4. The summed E-state index contributed by atoms with van der Waals surface area (Å²) in [4.78, 5) is 2.25. The third-order valence-corrected chi connectivity index (χ3v) is 4.68. The van der Waals surface area contributed by atoms with Gasteiger partial charge in [0.1, 0.15) is 0 Å². The highest BCUT2D eigenvalue weighted by atomic mass is 32.2. The van der Waals surface area contributed by atoms with Crippen LogP contribution in [0.2, 0.25) is 0 Å². The monoisotopic (exact) mass is 234 g/mol.